The Labute approximate surface area is 224 Å². The molecule has 0 saturated heterocycles. The van der Waals surface area contributed by atoms with E-state index in [-0.39, 0.29) is 12.6 Å². The molecular formula is C32H39NO5. The Balaban J connectivity index is 1.76. The average Bonchev–Trinajstić information content (AvgIpc) is 3.52. The summed E-state index contributed by atoms with van der Waals surface area (Å²) >= 11 is 0. The van der Waals surface area contributed by atoms with Gasteiger partial charge < -0.3 is 19.1 Å². The van der Waals surface area contributed by atoms with Crippen LogP contribution in [0.25, 0.3) is 22.2 Å². The summed E-state index contributed by atoms with van der Waals surface area (Å²) in [6, 6.07) is 14.1. The lowest BCUT2D eigenvalue weighted by atomic mass is 9.81. The number of hydrogen-bond donors (Lipinski definition) is 1. The SMILES string of the molecule is CC(C)(C)OC(=O)c1ccc2c(C3CCCCC3)c(-c3ccccc3OCC(=O)O)n(C3CCCC3)c2c1. The molecule has 0 radical (unpaired) electrons. The van der Waals surface area contributed by atoms with Crippen molar-refractivity contribution < 1.29 is 24.2 Å². The molecule has 1 heterocycles. The smallest absolute Gasteiger partial charge is 0.341 e. The van der Waals surface area contributed by atoms with Gasteiger partial charge in [-0.25, -0.2) is 9.59 Å². The van der Waals surface area contributed by atoms with Crippen LogP contribution in [-0.2, 0) is 9.53 Å². The number of carbonyl (C=O) groups excluding carboxylic acids is 1. The molecule has 0 spiro atoms. The van der Waals surface area contributed by atoms with Gasteiger partial charge in [0.2, 0.25) is 0 Å². The standard InChI is InChI=1S/C32H39NO5/c1-32(2,3)38-31(36)22-17-18-24-26(19-22)33(23-13-7-8-14-23)30(29(24)21-11-5-4-6-12-21)25-15-9-10-16-27(25)37-20-28(34)35/h9-10,15-19,21,23H,4-8,11-14,20H2,1-3H3,(H,34,35). The zero-order valence-corrected chi connectivity index (χ0v) is 22.8. The number of benzene rings is 2. The lowest BCUT2D eigenvalue weighted by Crippen LogP contribution is -2.23. The van der Waals surface area contributed by atoms with E-state index in [1.807, 2.05) is 51.1 Å². The molecule has 2 aliphatic carbocycles. The fraction of sp³-hybridized carbons (Fsp3) is 0.500. The summed E-state index contributed by atoms with van der Waals surface area (Å²) in [5.41, 5.74) is 4.41. The lowest BCUT2D eigenvalue weighted by molar-refractivity contribution is -0.139. The fourth-order valence-electron chi connectivity index (χ4n) is 6.35. The van der Waals surface area contributed by atoms with E-state index >= 15 is 0 Å². The van der Waals surface area contributed by atoms with E-state index in [2.05, 4.69) is 16.7 Å². The Bertz CT molecular complexity index is 1320. The Kier molecular flexibility index (Phi) is 7.51. The van der Waals surface area contributed by atoms with Gasteiger partial charge in [0, 0.05) is 22.5 Å². The maximum absolute atomic E-state index is 13.1. The molecule has 1 N–H and O–H groups in total. The summed E-state index contributed by atoms with van der Waals surface area (Å²) in [7, 11) is 0. The number of nitrogens with zero attached hydrogens (tertiary/aromatic N) is 1. The predicted octanol–water partition coefficient (Wildman–Crippen LogP) is 7.89. The van der Waals surface area contributed by atoms with Crippen molar-refractivity contribution in [1.82, 2.24) is 4.57 Å². The summed E-state index contributed by atoms with van der Waals surface area (Å²) in [4.78, 5) is 24.5. The molecule has 38 heavy (non-hydrogen) atoms. The molecule has 0 bridgehead atoms. The van der Waals surface area contributed by atoms with Crippen LogP contribution >= 0.6 is 0 Å². The number of ether oxygens (including phenoxy) is 2. The Hall–Kier alpha value is -3.28. The highest BCUT2D eigenvalue weighted by molar-refractivity contribution is 5.99. The first-order valence-corrected chi connectivity index (χ1v) is 14.1. The van der Waals surface area contributed by atoms with Gasteiger partial charge in [-0.05, 0) is 82.2 Å². The van der Waals surface area contributed by atoms with E-state index in [4.69, 9.17) is 9.47 Å². The molecule has 3 aromatic rings. The van der Waals surface area contributed by atoms with Crippen molar-refractivity contribution >= 4 is 22.8 Å². The van der Waals surface area contributed by atoms with E-state index in [9.17, 15) is 14.7 Å². The summed E-state index contributed by atoms with van der Waals surface area (Å²) in [5, 5.41) is 10.5. The van der Waals surface area contributed by atoms with Gasteiger partial charge in [-0.15, -0.1) is 0 Å². The van der Waals surface area contributed by atoms with E-state index in [0.717, 1.165) is 42.5 Å². The Morgan fingerprint density at radius 1 is 0.947 bits per heavy atom. The largest absolute Gasteiger partial charge is 0.481 e. The molecule has 0 atom stereocenters. The van der Waals surface area contributed by atoms with Crippen molar-refractivity contribution in [2.75, 3.05) is 6.61 Å². The number of aliphatic carboxylic acids is 1. The third-order valence-electron chi connectivity index (χ3n) is 7.87. The third kappa shape index (κ3) is 5.45. The van der Waals surface area contributed by atoms with Crippen molar-refractivity contribution in [1.29, 1.82) is 0 Å². The minimum Gasteiger partial charge on any atom is -0.481 e. The summed E-state index contributed by atoms with van der Waals surface area (Å²) in [5.74, 6) is -0.319. The topological polar surface area (TPSA) is 77.8 Å². The molecule has 5 rings (SSSR count). The van der Waals surface area contributed by atoms with Gasteiger partial charge >= 0.3 is 11.9 Å². The van der Waals surface area contributed by atoms with Crippen LogP contribution in [0.15, 0.2) is 42.5 Å². The first-order chi connectivity index (χ1) is 18.2. The van der Waals surface area contributed by atoms with Crippen LogP contribution in [0.3, 0.4) is 0 Å². The molecule has 0 amide bonds. The van der Waals surface area contributed by atoms with Crippen LogP contribution in [0.5, 0.6) is 5.75 Å². The average molecular weight is 518 g/mol. The second-order valence-corrected chi connectivity index (χ2v) is 11.8. The summed E-state index contributed by atoms with van der Waals surface area (Å²) in [6.07, 6.45) is 10.4. The summed E-state index contributed by atoms with van der Waals surface area (Å²) in [6.45, 7) is 5.27. The van der Waals surface area contributed by atoms with Crippen molar-refractivity contribution in [2.45, 2.75) is 96.1 Å². The number of carbonyl (C=O) groups is 2. The zero-order chi connectivity index (χ0) is 26.9. The van der Waals surface area contributed by atoms with Gasteiger partial charge in [-0.3, -0.25) is 0 Å². The van der Waals surface area contributed by atoms with Crippen LogP contribution in [0.1, 0.15) is 106 Å². The Morgan fingerprint density at radius 2 is 1.63 bits per heavy atom. The number of carboxylic acids is 1. The minimum absolute atomic E-state index is 0.311. The number of para-hydroxylation sites is 1. The van der Waals surface area contributed by atoms with Crippen LogP contribution in [0, 0.1) is 0 Å². The van der Waals surface area contributed by atoms with Crippen molar-refractivity contribution in [3.63, 3.8) is 0 Å². The van der Waals surface area contributed by atoms with E-state index in [0.29, 0.717) is 23.3 Å². The second kappa shape index (κ2) is 10.8. The van der Waals surface area contributed by atoms with Gasteiger partial charge in [0.15, 0.2) is 6.61 Å². The quantitative estimate of drug-likeness (QED) is 0.322. The molecule has 6 nitrogen and oxygen atoms in total. The number of aromatic nitrogens is 1. The van der Waals surface area contributed by atoms with E-state index in [1.54, 1.807) is 0 Å². The number of esters is 1. The van der Waals surface area contributed by atoms with Crippen molar-refractivity contribution in [2.24, 2.45) is 0 Å². The second-order valence-electron chi connectivity index (χ2n) is 11.8. The minimum atomic E-state index is -0.995. The zero-order valence-electron chi connectivity index (χ0n) is 22.8. The Morgan fingerprint density at radius 3 is 2.32 bits per heavy atom. The molecular weight excluding hydrogens is 478 g/mol. The normalized spacial score (nSPS) is 17.1. The summed E-state index contributed by atoms with van der Waals surface area (Å²) < 4.78 is 14.0. The van der Waals surface area contributed by atoms with Crippen molar-refractivity contribution in [3.05, 3.63) is 53.6 Å². The van der Waals surface area contributed by atoms with E-state index in [1.165, 1.54) is 43.1 Å². The molecule has 6 heteroatoms. The number of hydrogen-bond acceptors (Lipinski definition) is 4. The van der Waals surface area contributed by atoms with Gasteiger partial charge in [-0.2, -0.15) is 0 Å². The highest BCUT2D eigenvalue weighted by Crippen LogP contribution is 2.49. The molecule has 202 valence electrons. The van der Waals surface area contributed by atoms with Crippen LogP contribution in [0.4, 0.5) is 0 Å². The lowest BCUT2D eigenvalue weighted by Gasteiger charge is -2.25. The van der Waals surface area contributed by atoms with Crippen molar-refractivity contribution in [3.8, 4) is 17.0 Å². The molecule has 2 aromatic carbocycles. The van der Waals surface area contributed by atoms with Crippen LogP contribution < -0.4 is 4.74 Å². The van der Waals surface area contributed by atoms with Crippen LogP contribution in [-0.4, -0.2) is 33.8 Å². The third-order valence-corrected chi connectivity index (χ3v) is 7.87. The fourth-order valence-corrected chi connectivity index (χ4v) is 6.35. The number of rotatable bonds is 7. The first kappa shape index (κ1) is 26.3. The molecule has 2 fully saturated rings. The highest BCUT2D eigenvalue weighted by atomic mass is 16.6. The first-order valence-electron chi connectivity index (χ1n) is 14.1. The maximum Gasteiger partial charge on any atom is 0.341 e. The van der Waals surface area contributed by atoms with E-state index < -0.39 is 11.6 Å². The van der Waals surface area contributed by atoms with Gasteiger partial charge in [0.05, 0.1) is 11.3 Å². The number of carboxylic acid groups (broad SMARTS) is 1. The maximum atomic E-state index is 13.1. The number of fused-ring (bicyclic) bond motifs is 1. The predicted molar refractivity (Wildman–Crippen MR) is 149 cm³/mol. The highest BCUT2D eigenvalue weighted by Gasteiger charge is 2.32. The molecule has 0 aliphatic heterocycles. The molecule has 2 saturated carbocycles. The molecule has 2 aliphatic rings. The molecule has 0 unspecified atom stereocenters. The molecule has 1 aromatic heterocycles. The van der Waals surface area contributed by atoms with Crippen LogP contribution in [0.2, 0.25) is 0 Å². The van der Waals surface area contributed by atoms with Gasteiger partial charge in [0.25, 0.3) is 0 Å². The monoisotopic (exact) mass is 517 g/mol. The van der Waals surface area contributed by atoms with Gasteiger partial charge in [-0.1, -0.05) is 50.3 Å². The van der Waals surface area contributed by atoms with Gasteiger partial charge in [0.1, 0.15) is 11.4 Å².